The van der Waals surface area contributed by atoms with Gasteiger partial charge in [-0.25, -0.2) is 0 Å². The van der Waals surface area contributed by atoms with Crippen LogP contribution in [0.15, 0.2) is 36.4 Å². The van der Waals surface area contributed by atoms with Gasteiger partial charge in [0.1, 0.15) is 0 Å². The zero-order chi connectivity index (χ0) is 16.1. The molecule has 0 aromatic heterocycles. The fraction of sp³-hybridized carbons (Fsp3) is 0.312. The van der Waals surface area contributed by atoms with Crippen LogP contribution in [0.3, 0.4) is 0 Å². The van der Waals surface area contributed by atoms with Crippen molar-refractivity contribution in [3.05, 3.63) is 42.0 Å². The molecule has 22 heavy (non-hydrogen) atoms. The third kappa shape index (κ3) is 3.52. The highest BCUT2D eigenvalue weighted by molar-refractivity contribution is 5.97. The largest absolute Gasteiger partial charge is 0.481 e. The van der Waals surface area contributed by atoms with Crippen LogP contribution >= 0.6 is 0 Å². The predicted molar refractivity (Wildman–Crippen MR) is 81.5 cm³/mol. The van der Waals surface area contributed by atoms with E-state index < -0.39 is 17.8 Å². The van der Waals surface area contributed by atoms with Crippen LogP contribution in [-0.2, 0) is 9.59 Å². The van der Waals surface area contributed by atoms with E-state index in [-0.39, 0.29) is 11.8 Å². The zero-order valence-corrected chi connectivity index (χ0v) is 12.2. The van der Waals surface area contributed by atoms with E-state index in [9.17, 15) is 19.5 Å². The summed E-state index contributed by atoms with van der Waals surface area (Å²) in [6.07, 6.45) is 4.40. The first-order chi connectivity index (χ1) is 10.5. The third-order valence-corrected chi connectivity index (χ3v) is 3.73. The molecule has 116 valence electrons. The highest BCUT2D eigenvalue weighted by Gasteiger charge is 2.33. The Hall–Kier alpha value is -2.63. The Morgan fingerprint density at radius 3 is 2.18 bits per heavy atom. The van der Waals surface area contributed by atoms with Crippen LogP contribution in [0.5, 0.6) is 0 Å². The highest BCUT2D eigenvalue weighted by atomic mass is 16.4. The minimum atomic E-state index is -0.959. The van der Waals surface area contributed by atoms with Crippen LogP contribution < -0.4 is 10.6 Å². The van der Waals surface area contributed by atoms with E-state index in [1.807, 2.05) is 6.08 Å². The van der Waals surface area contributed by atoms with Crippen LogP contribution in [0, 0.1) is 11.8 Å². The average molecular weight is 302 g/mol. The van der Waals surface area contributed by atoms with Crippen molar-refractivity contribution in [3.63, 3.8) is 0 Å². The summed E-state index contributed by atoms with van der Waals surface area (Å²) in [5.41, 5.74) is 1.03. The lowest BCUT2D eigenvalue weighted by molar-refractivity contribution is -0.146. The fourth-order valence-corrected chi connectivity index (χ4v) is 2.46. The average Bonchev–Trinajstić information content (AvgIpc) is 2.54. The summed E-state index contributed by atoms with van der Waals surface area (Å²) in [6, 6.07) is 6.45. The minimum Gasteiger partial charge on any atom is -0.481 e. The standard InChI is InChI=1S/C16H18N2O4/c1-17-14(19)10-6-8-11(9-7-10)18-15(20)12-4-2-3-5-13(12)16(21)22/h2-3,6-9,12-13H,4-5H2,1H3,(H,17,19)(H,18,20)(H,21,22)/t12-,13-/m0/s1. The van der Waals surface area contributed by atoms with Crippen LogP contribution in [0.4, 0.5) is 5.69 Å². The molecular formula is C16H18N2O4. The number of allylic oxidation sites excluding steroid dienone is 2. The van der Waals surface area contributed by atoms with Gasteiger partial charge in [-0.2, -0.15) is 0 Å². The van der Waals surface area contributed by atoms with Crippen molar-refractivity contribution < 1.29 is 19.5 Å². The van der Waals surface area contributed by atoms with E-state index in [4.69, 9.17) is 0 Å². The van der Waals surface area contributed by atoms with Gasteiger partial charge < -0.3 is 15.7 Å². The molecule has 0 fully saturated rings. The predicted octanol–water partition coefficient (Wildman–Crippen LogP) is 1.65. The second-order valence-corrected chi connectivity index (χ2v) is 5.14. The van der Waals surface area contributed by atoms with E-state index in [0.29, 0.717) is 24.1 Å². The normalized spacial score (nSPS) is 20.2. The summed E-state index contributed by atoms with van der Waals surface area (Å²) in [6.45, 7) is 0. The van der Waals surface area contributed by atoms with Crippen molar-refractivity contribution in [3.8, 4) is 0 Å². The lowest BCUT2D eigenvalue weighted by Gasteiger charge is -2.24. The number of amides is 2. The number of rotatable bonds is 4. The molecule has 2 rings (SSSR count). The maximum absolute atomic E-state index is 12.3. The number of carboxylic acids is 1. The molecule has 0 unspecified atom stereocenters. The van der Waals surface area contributed by atoms with Gasteiger partial charge in [-0.3, -0.25) is 14.4 Å². The number of nitrogens with one attached hydrogen (secondary N) is 2. The zero-order valence-electron chi connectivity index (χ0n) is 12.2. The summed E-state index contributed by atoms with van der Waals surface area (Å²) in [7, 11) is 1.54. The molecule has 1 aromatic rings. The summed E-state index contributed by atoms with van der Waals surface area (Å²) in [5, 5.41) is 14.4. The van der Waals surface area contributed by atoms with Crippen molar-refractivity contribution in [2.75, 3.05) is 12.4 Å². The Kier molecular flexibility index (Phi) is 4.93. The van der Waals surface area contributed by atoms with Gasteiger partial charge in [0.25, 0.3) is 5.91 Å². The molecule has 0 bridgehead atoms. The van der Waals surface area contributed by atoms with Crippen molar-refractivity contribution in [1.82, 2.24) is 5.32 Å². The molecule has 0 heterocycles. The Morgan fingerprint density at radius 1 is 1.05 bits per heavy atom. The smallest absolute Gasteiger partial charge is 0.307 e. The Morgan fingerprint density at radius 2 is 1.64 bits per heavy atom. The van der Waals surface area contributed by atoms with E-state index in [2.05, 4.69) is 10.6 Å². The summed E-state index contributed by atoms with van der Waals surface area (Å²) >= 11 is 0. The van der Waals surface area contributed by atoms with Crippen LogP contribution in [-0.4, -0.2) is 29.9 Å². The lowest BCUT2D eigenvalue weighted by atomic mass is 9.82. The van der Waals surface area contributed by atoms with E-state index >= 15 is 0 Å². The molecule has 2 atom stereocenters. The van der Waals surface area contributed by atoms with Crippen molar-refractivity contribution in [2.24, 2.45) is 11.8 Å². The SMILES string of the molecule is CNC(=O)c1ccc(NC(=O)[C@H]2CC=CC[C@@H]2C(=O)O)cc1. The summed E-state index contributed by atoms with van der Waals surface area (Å²) in [5.74, 6) is -2.76. The third-order valence-electron chi connectivity index (χ3n) is 3.73. The Bertz CT molecular complexity index is 607. The van der Waals surface area contributed by atoms with Gasteiger partial charge in [0.05, 0.1) is 11.8 Å². The monoisotopic (exact) mass is 302 g/mol. The number of carboxylic acid groups (broad SMARTS) is 1. The van der Waals surface area contributed by atoms with Gasteiger partial charge >= 0.3 is 5.97 Å². The van der Waals surface area contributed by atoms with Crippen LogP contribution in [0.25, 0.3) is 0 Å². The molecule has 0 aliphatic heterocycles. The molecule has 2 amide bonds. The number of hydrogen-bond acceptors (Lipinski definition) is 3. The molecule has 0 spiro atoms. The molecule has 1 aliphatic carbocycles. The number of carbonyl (C=O) groups is 3. The van der Waals surface area contributed by atoms with Gasteiger partial charge in [-0.15, -0.1) is 0 Å². The second kappa shape index (κ2) is 6.89. The topological polar surface area (TPSA) is 95.5 Å². The first-order valence-corrected chi connectivity index (χ1v) is 7.03. The van der Waals surface area contributed by atoms with Crippen molar-refractivity contribution >= 4 is 23.5 Å². The molecule has 1 aliphatic rings. The van der Waals surface area contributed by atoms with Gasteiger partial charge in [-0.1, -0.05) is 12.2 Å². The van der Waals surface area contributed by atoms with Crippen LogP contribution in [0.2, 0.25) is 0 Å². The number of benzene rings is 1. The molecule has 0 saturated carbocycles. The molecular weight excluding hydrogens is 284 g/mol. The highest BCUT2D eigenvalue weighted by Crippen LogP contribution is 2.27. The summed E-state index contributed by atoms with van der Waals surface area (Å²) < 4.78 is 0. The molecule has 0 saturated heterocycles. The number of anilines is 1. The maximum Gasteiger partial charge on any atom is 0.307 e. The minimum absolute atomic E-state index is 0.207. The Balaban J connectivity index is 2.06. The molecule has 1 aromatic carbocycles. The van der Waals surface area contributed by atoms with Gasteiger partial charge in [0.2, 0.25) is 5.91 Å². The summed E-state index contributed by atoms with van der Waals surface area (Å²) in [4.78, 5) is 34.9. The van der Waals surface area contributed by atoms with Gasteiger partial charge in [-0.05, 0) is 37.1 Å². The van der Waals surface area contributed by atoms with E-state index in [1.165, 1.54) is 0 Å². The molecule has 6 heteroatoms. The number of aliphatic carboxylic acids is 1. The van der Waals surface area contributed by atoms with E-state index in [0.717, 1.165) is 0 Å². The quantitative estimate of drug-likeness (QED) is 0.737. The van der Waals surface area contributed by atoms with Crippen molar-refractivity contribution in [2.45, 2.75) is 12.8 Å². The van der Waals surface area contributed by atoms with Gasteiger partial charge in [0.15, 0.2) is 0 Å². The maximum atomic E-state index is 12.3. The Labute approximate surface area is 128 Å². The first-order valence-electron chi connectivity index (χ1n) is 7.03. The second-order valence-electron chi connectivity index (χ2n) is 5.14. The van der Waals surface area contributed by atoms with Crippen molar-refractivity contribution in [1.29, 1.82) is 0 Å². The molecule has 3 N–H and O–H groups in total. The van der Waals surface area contributed by atoms with Gasteiger partial charge in [0, 0.05) is 18.3 Å². The van der Waals surface area contributed by atoms with E-state index in [1.54, 1.807) is 37.4 Å². The number of carbonyl (C=O) groups excluding carboxylic acids is 2. The van der Waals surface area contributed by atoms with Crippen LogP contribution in [0.1, 0.15) is 23.2 Å². The molecule has 6 nitrogen and oxygen atoms in total. The lowest BCUT2D eigenvalue weighted by Crippen LogP contribution is -2.34. The fourth-order valence-electron chi connectivity index (χ4n) is 2.46. The molecule has 0 radical (unpaired) electrons. The first kappa shape index (κ1) is 15.8. The number of hydrogen-bond donors (Lipinski definition) is 3.